The zero-order valence-corrected chi connectivity index (χ0v) is 10.3. The highest BCUT2D eigenvalue weighted by atomic mass is 32.2. The molecule has 2 heteroatoms. The minimum atomic E-state index is 0.815. The van der Waals surface area contributed by atoms with Crippen molar-refractivity contribution in [1.82, 2.24) is 0 Å². The van der Waals surface area contributed by atoms with Crippen molar-refractivity contribution in [2.45, 2.75) is 23.6 Å². The second kappa shape index (κ2) is 4.62. The molecule has 1 nitrogen and oxygen atoms in total. The highest BCUT2D eigenvalue weighted by molar-refractivity contribution is 7.99. The Morgan fingerprint density at radius 3 is 2.56 bits per heavy atom. The smallest absolute Gasteiger partial charge is 0.0325 e. The monoisotopic (exact) mass is 229 g/mol. The highest BCUT2D eigenvalue weighted by Crippen LogP contribution is 2.31. The minimum absolute atomic E-state index is 0.815. The molecule has 82 valence electrons. The lowest BCUT2D eigenvalue weighted by Crippen LogP contribution is -1.85. The molecule has 2 N–H and O–H groups in total. The topological polar surface area (TPSA) is 26.0 Å². The molecule has 2 rings (SSSR count). The van der Waals surface area contributed by atoms with Crippen LogP contribution in [0.5, 0.6) is 0 Å². The van der Waals surface area contributed by atoms with Crippen LogP contribution in [0.4, 0.5) is 5.69 Å². The standard InChI is InChI=1S/C14H15NS/c1-10-6-7-11(2)14(8-10)16-13-5-3-4-12(15)9-13/h3-9H,15H2,1-2H3. The first-order valence-corrected chi connectivity index (χ1v) is 6.07. The Morgan fingerprint density at radius 1 is 1.00 bits per heavy atom. The normalized spacial score (nSPS) is 10.4. The zero-order valence-electron chi connectivity index (χ0n) is 9.53. The van der Waals surface area contributed by atoms with Crippen molar-refractivity contribution < 1.29 is 0 Å². The number of hydrogen-bond acceptors (Lipinski definition) is 2. The van der Waals surface area contributed by atoms with Gasteiger partial charge >= 0.3 is 0 Å². The van der Waals surface area contributed by atoms with Crippen molar-refractivity contribution in [3.8, 4) is 0 Å². The molecule has 0 spiro atoms. The van der Waals surface area contributed by atoms with Crippen molar-refractivity contribution in [3.05, 3.63) is 53.6 Å². The lowest BCUT2D eigenvalue weighted by Gasteiger charge is -2.07. The van der Waals surface area contributed by atoms with E-state index in [4.69, 9.17) is 5.73 Å². The van der Waals surface area contributed by atoms with Crippen LogP contribution < -0.4 is 5.73 Å². The maximum Gasteiger partial charge on any atom is 0.0325 e. The van der Waals surface area contributed by atoms with E-state index in [1.54, 1.807) is 11.8 Å². The fourth-order valence-corrected chi connectivity index (χ4v) is 2.59. The van der Waals surface area contributed by atoms with E-state index < -0.39 is 0 Å². The first kappa shape index (κ1) is 11.1. The molecule has 0 saturated heterocycles. The molecule has 0 amide bonds. The van der Waals surface area contributed by atoms with Crippen LogP contribution in [0.1, 0.15) is 11.1 Å². The Kier molecular flexibility index (Phi) is 3.20. The number of aryl methyl sites for hydroxylation is 2. The average molecular weight is 229 g/mol. The third-order valence-corrected chi connectivity index (χ3v) is 3.58. The second-order valence-corrected chi connectivity index (χ2v) is 5.06. The Morgan fingerprint density at radius 2 is 1.81 bits per heavy atom. The first-order chi connectivity index (χ1) is 7.65. The molecule has 0 heterocycles. The molecule has 0 aromatic heterocycles. The fourth-order valence-electron chi connectivity index (χ4n) is 1.52. The SMILES string of the molecule is Cc1ccc(C)c(Sc2cccc(N)c2)c1. The van der Waals surface area contributed by atoms with Crippen LogP contribution in [0.2, 0.25) is 0 Å². The Labute approximate surface area is 101 Å². The van der Waals surface area contributed by atoms with Gasteiger partial charge in [-0.3, -0.25) is 0 Å². The van der Waals surface area contributed by atoms with E-state index in [0.29, 0.717) is 0 Å². The quantitative estimate of drug-likeness (QED) is 0.787. The van der Waals surface area contributed by atoms with Gasteiger partial charge in [-0.1, -0.05) is 30.0 Å². The molecular weight excluding hydrogens is 214 g/mol. The van der Waals surface area contributed by atoms with Crippen LogP contribution in [-0.4, -0.2) is 0 Å². The van der Waals surface area contributed by atoms with Gasteiger partial charge in [0.1, 0.15) is 0 Å². The molecule has 0 aliphatic carbocycles. The molecular formula is C14H15NS. The van der Waals surface area contributed by atoms with Crippen molar-refractivity contribution in [2.24, 2.45) is 0 Å². The van der Waals surface area contributed by atoms with E-state index in [1.165, 1.54) is 20.9 Å². The molecule has 0 atom stereocenters. The summed E-state index contributed by atoms with van der Waals surface area (Å²) in [6.07, 6.45) is 0. The predicted octanol–water partition coefficient (Wildman–Crippen LogP) is 4.04. The van der Waals surface area contributed by atoms with Crippen molar-refractivity contribution in [3.63, 3.8) is 0 Å². The van der Waals surface area contributed by atoms with Gasteiger partial charge in [0, 0.05) is 15.5 Å². The molecule has 0 fully saturated rings. The van der Waals surface area contributed by atoms with Gasteiger partial charge in [0.25, 0.3) is 0 Å². The first-order valence-electron chi connectivity index (χ1n) is 5.26. The summed E-state index contributed by atoms with van der Waals surface area (Å²) < 4.78 is 0. The van der Waals surface area contributed by atoms with Gasteiger partial charge in [0.2, 0.25) is 0 Å². The third kappa shape index (κ3) is 2.58. The predicted molar refractivity (Wildman–Crippen MR) is 70.9 cm³/mol. The van der Waals surface area contributed by atoms with E-state index >= 15 is 0 Å². The van der Waals surface area contributed by atoms with Gasteiger partial charge in [-0.15, -0.1) is 0 Å². The summed E-state index contributed by atoms with van der Waals surface area (Å²) in [4.78, 5) is 2.49. The van der Waals surface area contributed by atoms with E-state index in [2.05, 4.69) is 38.1 Å². The summed E-state index contributed by atoms with van der Waals surface area (Å²) in [5.74, 6) is 0. The summed E-state index contributed by atoms with van der Waals surface area (Å²) in [5, 5.41) is 0. The number of anilines is 1. The Hall–Kier alpha value is -1.41. The second-order valence-electron chi connectivity index (χ2n) is 3.94. The average Bonchev–Trinajstić information content (AvgIpc) is 2.24. The molecule has 0 aliphatic rings. The fraction of sp³-hybridized carbons (Fsp3) is 0.143. The zero-order chi connectivity index (χ0) is 11.5. The van der Waals surface area contributed by atoms with Crippen LogP contribution in [0, 0.1) is 13.8 Å². The van der Waals surface area contributed by atoms with Gasteiger partial charge in [-0.25, -0.2) is 0 Å². The van der Waals surface area contributed by atoms with Gasteiger partial charge in [0.05, 0.1) is 0 Å². The van der Waals surface area contributed by atoms with Gasteiger partial charge in [0.15, 0.2) is 0 Å². The van der Waals surface area contributed by atoms with E-state index in [0.717, 1.165) is 5.69 Å². The van der Waals surface area contributed by atoms with E-state index in [1.807, 2.05) is 18.2 Å². The van der Waals surface area contributed by atoms with Crippen LogP contribution in [0.15, 0.2) is 52.3 Å². The van der Waals surface area contributed by atoms with Gasteiger partial charge in [-0.05, 0) is 49.2 Å². The molecule has 16 heavy (non-hydrogen) atoms. The maximum atomic E-state index is 5.77. The number of benzene rings is 2. The van der Waals surface area contributed by atoms with Gasteiger partial charge in [-0.2, -0.15) is 0 Å². The molecule has 2 aromatic rings. The van der Waals surface area contributed by atoms with E-state index in [9.17, 15) is 0 Å². The minimum Gasteiger partial charge on any atom is -0.399 e. The van der Waals surface area contributed by atoms with Gasteiger partial charge < -0.3 is 5.73 Å². The maximum absolute atomic E-state index is 5.77. The summed E-state index contributed by atoms with van der Waals surface area (Å²) in [6.45, 7) is 4.25. The number of rotatable bonds is 2. The number of nitrogens with two attached hydrogens (primary N) is 1. The molecule has 0 aliphatic heterocycles. The lowest BCUT2D eigenvalue weighted by atomic mass is 10.2. The van der Waals surface area contributed by atoms with Crippen molar-refractivity contribution in [2.75, 3.05) is 5.73 Å². The molecule has 0 radical (unpaired) electrons. The molecule has 2 aromatic carbocycles. The van der Waals surface area contributed by atoms with Crippen molar-refractivity contribution in [1.29, 1.82) is 0 Å². The largest absolute Gasteiger partial charge is 0.399 e. The third-order valence-electron chi connectivity index (χ3n) is 2.43. The van der Waals surface area contributed by atoms with Crippen LogP contribution in [-0.2, 0) is 0 Å². The summed E-state index contributed by atoms with van der Waals surface area (Å²) in [6, 6.07) is 14.5. The number of hydrogen-bond donors (Lipinski definition) is 1. The van der Waals surface area contributed by atoms with Crippen molar-refractivity contribution >= 4 is 17.4 Å². The summed E-state index contributed by atoms with van der Waals surface area (Å²) in [5.41, 5.74) is 9.17. The van der Waals surface area contributed by atoms with Crippen LogP contribution in [0.25, 0.3) is 0 Å². The van der Waals surface area contributed by atoms with Crippen LogP contribution >= 0.6 is 11.8 Å². The molecule has 0 saturated carbocycles. The number of nitrogen functional groups attached to an aromatic ring is 1. The highest BCUT2D eigenvalue weighted by Gasteiger charge is 2.01. The summed E-state index contributed by atoms with van der Waals surface area (Å²) >= 11 is 1.76. The van der Waals surface area contributed by atoms with E-state index in [-0.39, 0.29) is 0 Å². The molecule has 0 bridgehead atoms. The Bertz CT molecular complexity index is 506. The molecule has 0 unspecified atom stereocenters. The Balaban J connectivity index is 2.30. The lowest BCUT2D eigenvalue weighted by molar-refractivity contribution is 1.25. The van der Waals surface area contributed by atoms with Crippen LogP contribution in [0.3, 0.4) is 0 Å². The summed E-state index contributed by atoms with van der Waals surface area (Å²) in [7, 11) is 0.